The molecule has 1 aromatic heterocycles. The summed E-state index contributed by atoms with van der Waals surface area (Å²) in [4.78, 5) is 43.8. The maximum atomic E-state index is 13.8. The van der Waals surface area contributed by atoms with Gasteiger partial charge in [-0.05, 0) is 54.3 Å². The zero-order valence-electron chi connectivity index (χ0n) is 22.6. The van der Waals surface area contributed by atoms with Gasteiger partial charge in [0.1, 0.15) is 5.75 Å². The molecule has 4 rings (SSSR count). The third-order valence-corrected chi connectivity index (χ3v) is 6.94. The lowest BCUT2D eigenvalue weighted by Crippen LogP contribution is -2.40. The molecule has 1 aliphatic heterocycles. The van der Waals surface area contributed by atoms with Gasteiger partial charge in [0.2, 0.25) is 0 Å². The second-order valence-electron chi connectivity index (χ2n) is 9.35. The molecule has 3 aromatic rings. The van der Waals surface area contributed by atoms with Crippen LogP contribution in [0, 0.1) is 5.92 Å². The summed E-state index contributed by atoms with van der Waals surface area (Å²) in [5, 5.41) is 0. The number of allylic oxidation sites excluding steroid dienone is 1. The van der Waals surface area contributed by atoms with E-state index >= 15 is 0 Å². The molecule has 1 aliphatic rings. The summed E-state index contributed by atoms with van der Waals surface area (Å²) in [6.07, 6.45) is 1.78. The third kappa shape index (κ3) is 5.96. The molecular weight excluding hydrogens is 520 g/mol. The number of rotatable bonds is 8. The van der Waals surface area contributed by atoms with Crippen molar-refractivity contribution in [3.8, 4) is 17.2 Å². The van der Waals surface area contributed by atoms with Crippen molar-refractivity contribution in [2.24, 2.45) is 10.9 Å². The smallest absolute Gasteiger partial charge is 0.338 e. The summed E-state index contributed by atoms with van der Waals surface area (Å²) in [5.74, 6) is 0.295. The molecule has 0 aliphatic carbocycles. The van der Waals surface area contributed by atoms with E-state index in [0.29, 0.717) is 26.3 Å². The normalized spacial score (nSPS) is 15.1. The van der Waals surface area contributed by atoms with Crippen LogP contribution in [0.2, 0.25) is 0 Å². The Morgan fingerprint density at radius 2 is 1.79 bits per heavy atom. The highest BCUT2D eigenvalue weighted by atomic mass is 32.1. The van der Waals surface area contributed by atoms with Crippen LogP contribution in [0.3, 0.4) is 0 Å². The fraction of sp³-hybridized carbons (Fsp3) is 0.310. The number of carbonyl (C=O) groups excluding carboxylic acids is 2. The molecule has 2 heterocycles. The van der Waals surface area contributed by atoms with Crippen LogP contribution < -0.4 is 29.1 Å². The summed E-state index contributed by atoms with van der Waals surface area (Å²) in [6, 6.07) is 11.4. The summed E-state index contributed by atoms with van der Waals surface area (Å²) in [5.41, 5.74) is 1.79. The first-order valence-corrected chi connectivity index (χ1v) is 13.1. The standard InChI is InChI=1S/C29H30N2O7S/c1-16(2)15-37-28(34)25-17(3)30-29-31(26(25)20-9-12-22(38-18(4)32)23(14-20)36-6)27(33)24(39-29)13-19-7-10-21(35-5)11-8-19/h7-14,16,26H,15H2,1-6H3/b24-13+. The van der Waals surface area contributed by atoms with E-state index in [9.17, 15) is 14.4 Å². The van der Waals surface area contributed by atoms with Crippen molar-refractivity contribution in [3.63, 3.8) is 0 Å². The number of nitrogens with zero attached hydrogens (tertiary/aromatic N) is 2. The number of methoxy groups -OCH3 is 2. The van der Waals surface area contributed by atoms with Gasteiger partial charge in [0, 0.05) is 6.92 Å². The molecule has 0 amide bonds. The van der Waals surface area contributed by atoms with Crippen molar-refractivity contribution in [3.05, 3.63) is 84.5 Å². The van der Waals surface area contributed by atoms with Crippen LogP contribution in [-0.4, -0.2) is 37.3 Å². The Balaban J connectivity index is 1.90. The first kappa shape index (κ1) is 27.8. The Kier molecular flexibility index (Phi) is 8.35. The second-order valence-corrected chi connectivity index (χ2v) is 10.4. The Morgan fingerprint density at radius 3 is 2.41 bits per heavy atom. The fourth-order valence-corrected chi connectivity index (χ4v) is 5.21. The molecule has 2 aromatic carbocycles. The van der Waals surface area contributed by atoms with Gasteiger partial charge in [0.25, 0.3) is 5.56 Å². The molecule has 0 bridgehead atoms. The number of carbonyl (C=O) groups is 2. The highest BCUT2D eigenvalue weighted by molar-refractivity contribution is 7.07. The lowest BCUT2D eigenvalue weighted by molar-refractivity contribution is -0.140. The summed E-state index contributed by atoms with van der Waals surface area (Å²) in [6.45, 7) is 7.13. The van der Waals surface area contributed by atoms with Crippen molar-refractivity contribution < 1.29 is 28.5 Å². The van der Waals surface area contributed by atoms with E-state index in [2.05, 4.69) is 4.99 Å². The Morgan fingerprint density at radius 1 is 1.08 bits per heavy atom. The maximum Gasteiger partial charge on any atom is 0.338 e. The number of thiazole rings is 1. The van der Waals surface area contributed by atoms with Gasteiger partial charge in [-0.15, -0.1) is 0 Å². The number of aromatic nitrogens is 1. The fourth-order valence-electron chi connectivity index (χ4n) is 4.16. The first-order chi connectivity index (χ1) is 18.6. The monoisotopic (exact) mass is 550 g/mol. The third-order valence-electron chi connectivity index (χ3n) is 5.96. The molecule has 204 valence electrons. The highest BCUT2D eigenvalue weighted by Gasteiger charge is 2.34. The minimum atomic E-state index is -0.834. The van der Waals surface area contributed by atoms with Gasteiger partial charge < -0.3 is 18.9 Å². The number of hydrogen-bond donors (Lipinski definition) is 0. The van der Waals surface area contributed by atoms with Crippen LogP contribution in [0.1, 0.15) is 44.9 Å². The van der Waals surface area contributed by atoms with Gasteiger partial charge in [-0.2, -0.15) is 0 Å². The van der Waals surface area contributed by atoms with Crippen LogP contribution in [-0.2, 0) is 14.3 Å². The van der Waals surface area contributed by atoms with E-state index in [1.54, 1.807) is 38.3 Å². The molecule has 9 nitrogen and oxygen atoms in total. The van der Waals surface area contributed by atoms with E-state index in [1.165, 1.54) is 29.9 Å². The SMILES string of the molecule is COc1ccc(/C=c2/sc3n(c2=O)C(c2ccc(OC(C)=O)c(OC)c2)C(C(=O)OCC(C)C)=C(C)N=3)cc1. The highest BCUT2D eigenvalue weighted by Crippen LogP contribution is 2.36. The minimum Gasteiger partial charge on any atom is -0.497 e. The van der Waals surface area contributed by atoms with Crippen molar-refractivity contribution in [2.75, 3.05) is 20.8 Å². The topological polar surface area (TPSA) is 105 Å². The predicted molar refractivity (Wildman–Crippen MR) is 147 cm³/mol. The minimum absolute atomic E-state index is 0.127. The zero-order valence-corrected chi connectivity index (χ0v) is 23.5. The predicted octanol–water partition coefficient (Wildman–Crippen LogP) is 3.38. The van der Waals surface area contributed by atoms with Gasteiger partial charge in [-0.3, -0.25) is 14.2 Å². The van der Waals surface area contributed by atoms with Crippen molar-refractivity contribution in [1.29, 1.82) is 0 Å². The Bertz CT molecular complexity index is 1610. The summed E-state index contributed by atoms with van der Waals surface area (Å²) >= 11 is 1.23. The van der Waals surface area contributed by atoms with Crippen LogP contribution in [0.5, 0.6) is 17.2 Å². The van der Waals surface area contributed by atoms with E-state index < -0.39 is 18.0 Å². The number of hydrogen-bond acceptors (Lipinski definition) is 9. The van der Waals surface area contributed by atoms with Crippen LogP contribution >= 0.6 is 11.3 Å². The van der Waals surface area contributed by atoms with Gasteiger partial charge in [0.05, 0.1) is 42.7 Å². The molecule has 0 saturated heterocycles. The first-order valence-electron chi connectivity index (χ1n) is 12.3. The molecule has 0 N–H and O–H groups in total. The van der Waals surface area contributed by atoms with Gasteiger partial charge >= 0.3 is 11.9 Å². The zero-order chi connectivity index (χ0) is 28.3. The van der Waals surface area contributed by atoms with E-state index in [-0.39, 0.29) is 35.2 Å². The number of ether oxygens (including phenoxy) is 4. The molecule has 0 fully saturated rings. The number of benzene rings is 2. The van der Waals surface area contributed by atoms with E-state index in [0.717, 1.165) is 5.56 Å². The van der Waals surface area contributed by atoms with Crippen molar-refractivity contribution >= 4 is 29.4 Å². The molecule has 0 spiro atoms. The lowest BCUT2D eigenvalue weighted by Gasteiger charge is -2.25. The van der Waals surface area contributed by atoms with E-state index in [4.69, 9.17) is 18.9 Å². The maximum absolute atomic E-state index is 13.8. The van der Waals surface area contributed by atoms with Gasteiger partial charge in [-0.25, -0.2) is 9.79 Å². The molecule has 0 saturated carbocycles. The summed E-state index contributed by atoms with van der Waals surface area (Å²) < 4.78 is 23.5. The molecule has 1 atom stereocenters. The average molecular weight is 551 g/mol. The van der Waals surface area contributed by atoms with Gasteiger partial charge in [0.15, 0.2) is 16.3 Å². The van der Waals surface area contributed by atoms with Crippen LogP contribution in [0.25, 0.3) is 6.08 Å². The molecule has 10 heteroatoms. The largest absolute Gasteiger partial charge is 0.497 e. The summed E-state index contributed by atoms with van der Waals surface area (Å²) in [7, 11) is 3.04. The molecule has 39 heavy (non-hydrogen) atoms. The van der Waals surface area contributed by atoms with Gasteiger partial charge in [-0.1, -0.05) is 43.4 Å². The molecular formula is C29H30N2O7S. The average Bonchev–Trinajstić information content (AvgIpc) is 3.20. The van der Waals surface area contributed by atoms with E-state index in [1.807, 2.05) is 38.1 Å². The second kappa shape index (κ2) is 11.7. The lowest BCUT2D eigenvalue weighted by atomic mass is 9.95. The van der Waals surface area contributed by atoms with Crippen LogP contribution in [0.15, 0.2) is 63.5 Å². The number of esters is 2. The van der Waals surface area contributed by atoms with Crippen molar-refractivity contribution in [2.45, 2.75) is 33.7 Å². The molecule has 0 radical (unpaired) electrons. The van der Waals surface area contributed by atoms with Crippen molar-refractivity contribution in [1.82, 2.24) is 4.57 Å². The van der Waals surface area contributed by atoms with Crippen LogP contribution in [0.4, 0.5) is 0 Å². The quantitative estimate of drug-likeness (QED) is 0.313. The Hall–Kier alpha value is -4.18. The molecule has 1 unspecified atom stereocenters. The number of fused-ring (bicyclic) bond motifs is 1. The Labute approximate surface area is 229 Å².